The molecule has 2 heteroatoms. The van der Waals surface area contributed by atoms with Crippen LogP contribution in [0.2, 0.25) is 5.54 Å². The van der Waals surface area contributed by atoms with Gasteiger partial charge in [-0.25, -0.2) is 0 Å². The van der Waals surface area contributed by atoms with Crippen molar-refractivity contribution in [1.82, 2.24) is 0 Å². The first kappa shape index (κ1) is 6.18. The molecular weight excluding hydrogens is 92.1 g/mol. The molecule has 0 aliphatic carbocycles. The molecule has 37 valence electrons. The van der Waals surface area contributed by atoms with Crippen LogP contribution in [0, 0.1) is 7.11 Å². The summed E-state index contributed by atoms with van der Waals surface area (Å²) in [4.78, 5) is 0. The Bertz CT molecular complexity index is 28.7. The van der Waals surface area contributed by atoms with E-state index in [0.29, 0.717) is 0 Å². The lowest BCUT2D eigenvalue weighted by molar-refractivity contribution is 0.495. The van der Waals surface area contributed by atoms with Crippen molar-refractivity contribution >= 4 is 9.76 Å². The Labute approximate surface area is 41.6 Å². The van der Waals surface area contributed by atoms with Crippen LogP contribution in [-0.4, -0.2) is 9.76 Å². The van der Waals surface area contributed by atoms with Crippen molar-refractivity contribution in [2.24, 2.45) is 0 Å². The standard InChI is InChI=1S/C4H11OSi/c1-4(2)6-5-3/h4H,3,6H2,1-2H3. The Morgan fingerprint density at radius 3 is 2.17 bits per heavy atom. The highest BCUT2D eigenvalue weighted by Crippen LogP contribution is 1.94. The minimum Gasteiger partial charge on any atom is -0.421 e. The van der Waals surface area contributed by atoms with Crippen LogP contribution >= 0.6 is 0 Å². The van der Waals surface area contributed by atoms with Gasteiger partial charge in [0.15, 0.2) is 9.76 Å². The summed E-state index contributed by atoms with van der Waals surface area (Å²) in [5.74, 6) is 0. The lowest BCUT2D eigenvalue weighted by Gasteiger charge is -1.95. The van der Waals surface area contributed by atoms with E-state index in [1.54, 1.807) is 0 Å². The third kappa shape index (κ3) is 4.18. The first-order valence-corrected chi connectivity index (χ1v) is 3.53. The largest absolute Gasteiger partial charge is 0.421 e. The molecule has 0 amide bonds. The minimum absolute atomic E-state index is 0.255. The SMILES string of the molecule is [CH2]O[SiH2]C(C)C. The highest BCUT2D eigenvalue weighted by atomic mass is 28.2. The smallest absolute Gasteiger partial charge is 0.164 e. The van der Waals surface area contributed by atoms with E-state index >= 15 is 0 Å². The quantitative estimate of drug-likeness (QED) is 0.468. The topological polar surface area (TPSA) is 9.23 Å². The van der Waals surface area contributed by atoms with Crippen LogP contribution in [0.1, 0.15) is 13.8 Å². The maximum atomic E-state index is 4.69. The lowest BCUT2D eigenvalue weighted by atomic mass is 10.6. The van der Waals surface area contributed by atoms with Crippen molar-refractivity contribution in [1.29, 1.82) is 0 Å². The molecule has 1 nitrogen and oxygen atoms in total. The number of hydrogen-bond acceptors (Lipinski definition) is 1. The van der Waals surface area contributed by atoms with Gasteiger partial charge in [0.05, 0.1) is 7.11 Å². The van der Waals surface area contributed by atoms with E-state index in [2.05, 4.69) is 21.0 Å². The molecule has 0 rings (SSSR count). The third-order valence-electron chi connectivity index (χ3n) is 0.451. The third-order valence-corrected chi connectivity index (χ3v) is 1.35. The molecule has 0 fully saturated rings. The molecule has 6 heavy (non-hydrogen) atoms. The van der Waals surface area contributed by atoms with Crippen molar-refractivity contribution < 1.29 is 4.43 Å². The molecule has 0 saturated heterocycles. The van der Waals surface area contributed by atoms with Crippen molar-refractivity contribution in [2.75, 3.05) is 0 Å². The van der Waals surface area contributed by atoms with Crippen LogP contribution in [0.5, 0.6) is 0 Å². The fourth-order valence-electron chi connectivity index (χ4n) is 0.236. The maximum Gasteiger partial charge on any atom is 0.164 e. The molecule has 0 N–H and O–H groups in total. The molecule has 0 aliphatic rings. The zero-order valence-corrected chi connectivity index (χ0v) is 5.81. The summed E-state index contributed by atoms with van der Waals surface area (Å²) in [6.45, 7) is 4.30. The van der Waals surface area contributed by atoms with Gasteiger partial charge < -0.3 is 4.43 Å². The molecule has 0 heterocycles. The van der Waals surface area contributed by atoms with Gasteiger partial charge >= 0.3 is 0 Å². The molecular formula is C4H11OSi. The monoisotopic (exact) mass is 103 g/mol. The second-order valence-electron chi connectivity index (χ2n) is 1.76. The maximum absolute atomic E-state index is 4.69. The molecule has 0 unspecified atom stereocenters. The van der Waals surface area contributed by atoms with Crippen LogP contribution in [-0.2, 0) is 4.43 Å². The van der Waals surface area contributed by atoms with Crippen LogP contribution in [0.15, 0.2) is 0 Å². The molecule has 0 saturated carbocycles. The number of hydrogen-bond donors (Lipinski definition) is 0. The molecule has 0 bridgehead atoms. The van der Waals surface area contributed by atoms with Gasteiger partial charge in [0.2, 0.25) is 0 Å². The average molecular weight is 103 g/mol. The van der Waals surface area contributed by atoms with E-state index in [9.17, 15) is 0 Å². The van der Waals surface area contributed by atoms with Crippen LogP contribution < -0.4 is 0 Å². The Morgan fingerprint density at radius 1 is 1.67 bits per heavy atom. The molecule has 0 spiro atoms. The summed E-state index contributed by atoms with van der Waals surface area (Å²) in [6, 6.07) is 0. The Morgan fingerprint density at radius 2 is 2.17 bits per heavy atom. The first-order chi connectivity index (χ1) is 2.77. The van der Waals surface area contributed by atoms with Crippen LogP contribution in [0.3, 0.4) is 0 Å². The van der Waals surface area contributed by atoms with E-state index in [1.165, 1.54) is 0 Å². The van der Waals surface area contributed by atoms with Crippen molar-refractivity contribution in [2.45, 2.75) is 19.4 Å². The van der Waals surface area contributed by atoms with Crippen molar-refractivity contribution in [3.63, 3.8) is 0 Å². The van der Waals surface area contributed by atoms with Crippen molar-refractivity contribution in [3.8, 4) is 0 Å². The molecule has 0 aromatic heterocycles. The number of rotatable bonds is 2. The normalized spacial score (nSPS) is 12.0. The predicted octanol–water partition coefficient (Wildman–Crippen LogP) is 0.707. The van der Waals surface area contributed by atoms with Gasteiger partial charge in [-0.3, -0.25) is 0 Å². The zero-order chi connectivity index (χ0) is 4.99. The zero-order valence-electron chi connectivity index (χ0n) is 4.40. The summed E-state index contributed by atoms with van der Waals surface area (Å²) >= 11 is 0. The van der Waals surface area contributed by atoms with E-state index in [1.807, 2.05) is 0 Å². The van der Waals surface area contributed by atoms with Gasteiger partial charge in [-0.05, 0) is 5.54 Å². The van der Waals surface area contributed by atoms with Crippen LogP contribution in [0.25, 0.3) is 0 Å². The lowest BCUT2D eigenvalue weighted by Crippen LogP contribution is -1.94. The Kier molecular flexibility index (Phi) is 3.47. The fraction of sp³-hybridized carbons (Fsp3) is 0.750. The van der Waals surface area contributed by atoms with Gasteiger partial charge in [0, 0.05) is 0 Å². The van der Waals surface area contributed by atoms with E-state index < -0.39 is 0 Å². The van der Waals surface area contributed by atoms with Gasteiger partial charge in [-0.15, -0.1) is 0 Å². The van der Waals surface area contributed by atoms with Gasteiger partial charge in [0.25, 0.3) is 0 Å². The first-order valence-electron chi connectivity index (χ1n) is 2.14. The Balaban J connectivity index is 2.63. The van der Waals surface area contributed by atoms with Gasteiger partial charge in [-0.1, -0.05) is 13.8 Å². The summed E-state index contributed by atoms with van der Waals surface area (Å²) in [6.07, 6.45) is 0. The van der Waals surface area contributed by atoms with Crippen LogP contribution in [0.4, 0.5) is 0 Å². The fourth-order valence-corrected chi connectivity index (χ4v) is 0.707. The second-order valence-corrected chi connectivity index (χ2v) is 4.14. The van der Waals surface area contributed by atoms with Gasteiger partial charge in [-0.2, -0.15) is 0 Å². The summed E-state index contributed by atoms with van der Waals surface area (Å²) in [5.41, 5.74) is 0.752. The highest BCUT2D eigenvalue weighted by Gasteiger charge is 1.88. The minimum atomic E-state index is -0.255. The Hall–Kier alpha value is 0.177. The highest BCUT2D eigenvalue weighted by molar-refractivity contribution is 6.29. The van der Waals surface area contributed by atoms with E-state index in [4.69, 9.17) is 4.43 Å². The summed E-state index contributed by atoms with van der Waals surface area (Å²) in [5, 5.41) is 0. The molecule has 1 radical (unpaired) electrons. The molecule has 0 aromatic rings. The van der Waals surface area contributed by atoms with E-state index in [0.717, 1.165) is 5.54 Å². The average Bonchev–Trinajstić information content (AvgIpc) is 1.35. The molecule has 0 aliphatic heterocycles. The summed E-state index contributed by atoms with van der Waals surface area (Å²) < 4.78 is 4.69. The molecule has 0 aromatic carbocycles. The molecule has 0 atom stereocenters. The van der Waals surface area contributed by atoms with E-state index in [-0.39, 0.29) is 9.76 Å². The predicted molar refractivity (Wildman–Crippen MR) is 30.1 cm³/mol. The second kappa shape index (κ2) is 3.37. The van der Waals surface area contributed by atoms with Crippen molar-refractivity contribution in [3.05, 3.63) is 7.11 Å². The van der Waals surface area contributed by atoms with Gasteiger partial charge in [0.1, 0.15) is 0 Å². The summed E-state index contributed by atoms with van der Waals surface area (Å²) in [7, 11) is 3.03.